The lowest BCUT2D eigenvalue weighted by molar-refractivity contribution is -0.301. The van der Waals surface area contributed by atoms with Gasteiger partial charge in [0.05, 0.1) is 79.0 Å². The van der Waals surface area contributed by atoms with Crippen LogP contribution in [0.1, 0.15) is 78.1 Å². The number of fused-ring (bicyclic) bond motifs is 1. The summed E-state index contributed by atoms with van der Waals surface area (Å²) in [7, 11) is 6.68. The lowest BCUT2D eigenvalue weighted by Crippen LogP contribution is -2.60. The number of alkyl halides is 1. The molecule has 0 radical (unpaired) electrons. The molecule has 0 bridgehead atoms. The number of esters is 2. The number of pyridine rings is 1. The quantitative estimate of drug-likeness (QED) is 0.0658. The lowest BCUT2D eigenvalue weighted by atomic mass is 9.74. The maximum absolute atomic E-state index is 15.1. The van der Waals surface area contributed by atoms with Gasteiger partial charge in [0.2, 0.25) is 0 Å². The molecule has 2 N–H and O–H groups in total. The third-order valence-corrected chi connectivity index (χ3v) is 16.8. The summed E-state index contributed by atoms with van der Waals surface area (Å²) in [5.74, 6) is -5.16. The Balaban J connectivity index is 1.30. The van der Waals surface area contributed by atoms with Gasteiger partial charge in [0.15, 0.2) is 27.5 Å². The first-order valence-electron chi connectivity index (χ1n) is 24.9. The summed E-state index contributed by atoms with van der Waals surface area (Å²) in [5, 5.41) is 14.8. The summed E-state index contributed by atoms with van der Waals surface area (Å²) in [6, 6.07) is 3.31. The second-order valence-corrected chi connectivity index (χ2v) is 22.3. The summed E-state index contributed by atoms with van der Waals surface area (Å²) in [6.45, 7) is 14.1. The topological polar surface area (TPSA) is 223 Å². The summed E-state index contributed by atoms with van der Waals surface area (Å²) in [5.41, 5.74) is -2.52. The fourth-order valence-electron chi connectivity index (χ4n) is 10.7. The molecule has 14 atom stereocenters. The zero-order valence-corrected chi connectivity index (χ0v) is 47.6. The molecule has 4 aliphatic rings. The smallest absolute Gasteiger partial charge is 0.410 e. The third-order valence-electron chi connectivity index (χ3n) is 14.8. The zero-order valence-electron chi connectivity index (χ0n) is 44.0. The second-order valence-electron chi connectivity index (χ2n) is 20.4. The van der Waals surface area contributed by atoms with Gasteiger partial charge in [-0.05, 0) is 102 Å². The van der Waals surface area contributed by atoms with Gasteiger partial charge in [0.25, 0.3) is 5.91 Å². The van der Waals surface area contributed by atoms with E-state index < -0.39 is 93.6 Å². The standard InChI is InChI=1S/C51H72Cl2IN5O15/c1-27-23-50(6,67-11)44(72-47-41(62)35(57(8)9)21-28(2)70-47)30(4)42(71-38(60)26-58-16-19-68-20-17-58)31(5)46(64)73-48(54)51(7)43(29(3)40(27)61)59(49(65)74-51)15-12-18-69-37-22-32(13-14-36(37)66-10)45(63)56-39-33(52)24-55-25-34(39)53/h13-14,22,24-25,27-31,35,41-44,47-48,62H,12,15-21,23,26H2,1-11H3,(H,55,56,63)/t27-,28-,29+,30+,31-,35+,41-,42+,43-,44-,47+,48+,50-,51+/m1/s1. The van der Waals surface area contributed by atoms with E-state index in [1.54, 1.807) is 53.7 Å². The number of anilines is 1. The number of nitrogens with one attached hydrogen (secondary N) is 1. The maximum atomic E-state index is 15.1. The number of carbonyl (C=O) groups excluding carboxylic acids is 5. The first-order chi connectivity index (χ1) is 34.9. The third kappa shape index (κ3) is 13.5. The molecule has 4 aliphatic heterocycles. The van der Waals surface area contributed by atoms with Crippen molar-refractivity contribution in [1.82, 2.24) is 19.7 Å². The van der Waals surface area contributed by atoms with Crippen molar-refractivity contribution < 1.29 is 71.7 Å². The number of aromatic nitrogens is 1. The van der Waals surface area contributed by atoms with E-state index in [4.69, 9.17) is 65.8 Å². The van der Waals surface area contributed by atoms with Crippen LogP contribution in [0, 0.1) is 23.7 Å². The Morgan fingerprint density at radius 1 is 1.00 bits per heavy atom. The van der Waals surface area contributed by atoms with Gasteiger partial charge in [-0.1, -0.05) is 44.0 Å². The van der Waals surface area contributed by atoms with E-state index in [0.29, 0.717) is 38.5 Å². The fraction of sp³-hybridized carbons (Fsp3) is 0.686. The number of carbonyl (C=O) groups is 5. The SMILES string of the molecule is COc1ccc(C(=O)Nc2c(Cl)cncc2Cl)cc1OCCCN1C(=O)O[C@]2(C)[C@@H](I)OC(=O)[C@H](C)[C@@H](OC(=O)CN3CCOCC3)[C@H](C)[C@@H](O[C@@H]3O[C@H](C)C[C@H](N(C)C)[C@H]3O)[C@](C)(OC)C[C@@H](C)C(=O)[C@H](C)[C@@H]12. The number of hydrogen-bond donors (Lipinski definition) is 2. The molecule has 20 nitrogen and oxygen atoms in total. The Morgan fingerprint density at radius 3 is 2.31 bits per heavy atom. The highest BCUT2D eigenvalue weighted by Gasteiger charge is 2.60. The van der Waals surface area contributed by atoms with Crippen LogP contribution >= 0.6 is 45.8 Å². The molecule has 0 saturated carbocycles. The summed E-state index contributed by atoms with van der Waals surface area (Å²) in [4.78, 5) is 80.3. The molecule has 4 fully saturated rings. The average Bonchev–Trinajstić information content (AvgIpc) is 3.63. The number of aliphatic hydroxyl groups is 1. The lowest BCUT2D eigenvalue weighted by Gasteiger charge is -2.48. The molecule has 5 heterocycles. The summed E-state index contributed by atoms with van der Waals surface area (Å²) in [6.07, 6.45) is -2.09. The first kappa shape index (κ1) is 59.6. The van der Waals surface area contributed by atoms with E-state index in [2.05, 4.69) is 10.3 Å². The number of Topliss-reactive ketones (excluding diaryl/α,β-unsaturated/α-hetero) is 1. The van der Waals surface area contributed by atoms with Gasteiger partial charge >= 0.3 is 18.0 Å². The summed E-state index contributed by atoms with van der Waals surface area (Å²) >= 11 is 14.4. The zero-order chi connectivity index (χ0) is 54.4. The van der Waals surface area contributed by atoms with E-state index >= 15 is 4.79 Å². The van der Waals surface area contributed by atoms with Crippen molar-refractivity contribution in [1.29, 1.82) is 0 Å². The van der Waals surface area contributed by atoms with Crippen LogP contribution in [0.25, 0.3) is 0 Å². The van der Waals surface area contributed by atoms with Crippen molar-refractivity contribution in [3.8, 4) is 11.5 Å². The number of nitrogens with zero attached hydrogens (tertiary/aromatic N) is 4. The molecule has 0 unspecified atom stereocenters. The van der Waals surface area contributed by atoms with Gasteiger partial charge in [0.1, 0.15) is 18.0 Å². The van der Waals surface area contributed by atoms with Crippen LogP contribution < -0.4 is 14.8 Å². The molecule has 2 aromatic rings. The molecule has 4 saturated heterocycles. The Kier molecular flexibility index (Phi) is 20.7. The normalized spacial score (nSPS) is 33.5. The molecule has 2 amide bonds. The molecule has 412 valence electrons. The maximum Gasteiger partial charge on any atom is 0.410 e. The summed E-state index contributed by atoms with van der Waals surface area (Å²) < 4.78 is 54.3. The van der Waals surface area contributed by atoms with Crippen LogP contribution in [0.15, 0.2) is 30.6 Å². The van der Waals surface area contributed by atoms with Gasteiger partial charge in [-0.25, -0.2) is 4.79 Å². The van der Waals surface area contributed by atoms with Gasteiger partial charge in [0, 0.05) is 68.5 Å². The first-order valence-corrected chi connectivity index (χ1v) is 26.9. The number of morpholine rings is 1. The molecule has 1 aromatic heterocycles. The minimum Gasteiger partial charge on any atom is -0.493 e. The number of rotatable bonds is 15. The Morgan fingerprint density at radius 2 is 1.68 bits per heavy atom. The molecule has 0 spiro atoms. The molecule has 6 rings (SSSR count). The van der Waals surface area contributed by atoms with E-state index in [1.165, 1.54) is 37.6 Å². The van der Waals surface area contributed by atoms with Crippen molar-refractivity contribution in [2.24, 2.45) is 23.7 Å². The Labute approximate surface area is 457 Å². The van der Waals surface area contributed by atoms with Crippen LogP contribution in [0.4, 0.5) is 10.5 Å². The highest BCUT2D eigenvalue weighted by atomic mass is 127. The Bertz CT molecular complexity index is 2300. The van der Waals surface area contributed by atoms with Crippen molar-refractivity contribution in [3.05, 3.63) is 46.2 Å². The minimum absolute atomic E-state index is 0.0282. The molecular formula is C51H72Cl2IN5O15. The number of methoxy groups -OCH3 is 2. The number of likely N-dealkylation sites (N-methyl/N-ethyl adjacent to an activating group) is 1. The number of benzene rings is 1. The van der Waals surface area contributed by atoms with Gasteiger partial charge in [-0.2, -0.15) is 0 Å². The number of halogens is 3. The molecule has 74 heavy (non-hydrogen) atoms. The number of ketones is 1. The van der Waals surface area contributed by atoms with Crippen molar-refractivity contribution in [3.63, 3.8) is 0 Å². The number of hydrogen-bond acceptors (Lipinski definition) is 18. The fourth-order valence-corrected chi connectivity index (χ4v) is 11.9. The molecular weight excluding hydrogens is 1120 g/mol. The number of ether oxygens (including phenoxy) is 9. The van der Waals surface area contributed by atoms with Crippen LogP contribution in [-0.2, 0) is 47.5 Å². The van der Waals surface area contributed by atoms with Crippen molar-refractivity contribution in [2.75, 3.05) is 79.6 Å². The number of cyclic esters (lactones) is 1. The average molecular weight is 1190 g/mol. The van der Waals surface area contributed by atoms with E-state index in [1.807, 2.05) is 53.4 Å². The van der Waals surface area contributed by atoms with Crippen molar-refractivity contribution in [2.45, 2.75) is 126 Å². The highest BCUT2D eigenvalue weighted by molar-refractivity contribution is 14.1. The number of aliphatic hydroxyl groups excluding tert-OH is 1. The minimum atomic E-state index is -1.57. The second kappa shape index (κ2) is 25.7. The van der Waals surface area contributed by atoms with Gasteiger partial charge < -0.3 is 62.9 Å². The van der Waals surface area contributed by atoms with Crippen LogP contribution in [-0.4, -0.2) is 187 Å². The van der Waals surface area contributed by atoms with E-state index in [0.717, 1.165) is 0 Å². The van der Waals surface area contributed by atoms with E-state index in [-0.39, 0.29) is 77.5 Å². The van der Waals surface area contributed by atoms with Crippen LogP contribution in [0.2, 0.25) is 10.0 Å². The van der Waals surface area contributed by atoms with Crippen LogP contribution in [0.5, 0.6) is 11.5 Å². The molecule has 0 aliphatic carbocycles. The highest BCUT2D eigenvalue weighted by Crippen LogP contribution is 2.45. The Hall–Kier alpha value is -3.65. The van der Waals surface area contributed by atoms with Gasteiger partial charge in [-0.15, -0.1) is 0 Å². The molecule has 23 heteroatoms. The van der Waals surface area contributed by atoms with Crippen LogP contribution in [0.3, 0.4) is 0 Å². The van der Waals surface area contributed by atoms with Crippen molar-refractivity contribution >= 4 is 81.2 Å². The van der Waals surface area contributed by atoms with Gasteiger partial charge in [-0.3, -0.25) is 29.1 Å². The predicted molar refractivity (Wildman–Crippen MR) is 281 cm³/mol. The van der Waals surface area contributed by atoms with E-state index in [9.17, 15) is 24.3 Å². The largest absolute Gasteiger partial charge is 0.493 e. The monoisotopic (exact) mass is 1190 g/mol. The molecule has 1 aromatic carbocycles. The number of amides is 2. The predicted octanol–water partition coefficient (Wildman–Crippen LogP) is 6.28.